The van der Waals surface area contributed by atoms with Gasteiger partial charge in [0.25, 0.3) is 0 Å². The van der Waals surface area contributed by atoms with Gasteiger partial charge in [-0.3, -0.25) is 0 Å². The van der Waals surface area contributed by atoms with Crippen molar-refractivity contribution in [1.82, 2.24) is 0 Å². The van der Waals surface area contributed by atoms with Gasteiger partial charge in [-0.15, -0.1) is 0 Å². The minimum atomic E-state index is 0.250. The average molecular weight is 114 g/mol. The van der Waals surface area contributed by atoms with Crippen LogP contribution in [0.4, 0.5) is 4.39 Å². The van der Waals surface area contributed by atoms with Gasteiger partial charge in [0.2, 0.25) is 0 Å². The van der Waals surface area contributed by atoms with Gasteiger partial charge in [0.15, 0.2) is 0 Å². The molecule has 46 valence electrons. The van der Waals surface area contributed by atoms with Crippen LogP contribution in [0, 0.1) is 0 Å². The van der Waals surface area contributed by atoms with E-state index in [1.807, 2.05) is 19.1 Å². The molecule has 0 amide bonds. The van der Waals surface area contributed by atoms with Gasteiger partial charge in [0.05, 0.1) is 6.33 Å². The predicted octanol–water partition coefficient (Wildman–Crippen LogP) is 2.85. The van der Waals surface area contributed by atoms with Crippen LogP contribution in [0.2, 0.25) is 0 Å². The van der Waals surface area contributed by atoms with Gasteiger partial charge >= 0.3 is 0 Å². The van der Waals surface area contributed by atoms with Crippen LogP contribution in [0.15, 0.2) is 37.7 Å². The maximum Gasteiger partial charge on any atom is 0.0795 e. The first-order chi connectivity index (χ1) is 3.83. The fourth-order valence-corrected chi connectivity index (χ4v) is 0.136. The Bertz CT molecular complexity index is 72.5. The zero-order chi connectivity index (χ0) is 6.83. The molecule has 0 bridgehead atoms. The monoisotopic (exact) mass is 114 g/mol. The second-order valence-corrected chi connectivity index (χ2v) is 0.916. The molecular weight excluding hydrogens is 103 g/mol. The van der Waals surface area contributed by atoms with E-state index in [0.29, 0.717) is 0 Å². The Morgan fingerprint density at radius 1 is 1.38 bits per heavy atom. The number of halogens is 1. The lowest BCUT2D eigenvalue weighted by Gasteiger charge is -1.56. The van der Waals surface area contributed by atoms with Gasteiger partial charge in [-0.1, -0.05) is 31.4 Å². The van der Waals surface area contributed by atoms with Crippen LogP contribution in [0.3, 0.4) is 0 Å². The summed E-state index contributed by atoms with van der Waals surface area (Å²) in [6.45, 7) is 8.12. The van der Waals surface area contributed by atoms with Crippen molar-refractivity contribution in [2.24, 2.45) is 0 Å². The van der Waals surface area contributed by atoms with E-state index in [1.165, 1.54) is 0 Å². The van der Waals surface area contributed by atoms with E-state index in [9.17, 15) is 4.39 Å². The van der Waals surface area contributed by atoms with Crippen LogP contribution in [-0.4, -0.2) is 0 Å². The maximum atomic E-state index is 10.1. The third-order valence-corrected chi connectivity index (χ3v) is 0.329. The van der Waals surface area contributed by atoms with Crippen LogP contribution in [0.1, 0.15) is 6.92 Å². The highest BCUT2D eigenvalue weighted by molar-refractivity contribution is 4.94. The summed E-state index contributed by atoms with van der Waals surface area (Å²) in [5.74, 6) is 0. The van der Waals surface area contributed by atoms with Crippen molar-refractivity contribution in [3.05, 3.63) is 37.7 Å². The van der Waals surface area contributed by atoms with E-state index in [4.69, 9.17) is 0 Å². The molecule has 0 aliphatic heterocycles. The van der Waals surface area contributed by atoms with E-state index in [1.54, 1.807) is 6.08 Å². The van der Waals surface area contributed by atoms with Gasteiger partial charge in [-0.2, -0.15) is 0 Å². The predicted molar refractivity (Wildman–Crippen MR) is 36.3 cm³/mol. The average Bonchev–Trinajstić information content (AvgIpc) is 1.71. The zero-order valence-corrected chi connectivity index (χ0v) is 5.10. The summed E-state index contributed by atoms with van der Waals surface area (Å²) in [4.78, 5) is 0. The fraction of sp³-hybridized carbons (Fsp3) is 0.143. The maximum absolute atomic E-state index is 10.1. The first-order valence-corrected chi connectivity index (χ1v) is 2.28. The number of rotatable bonds is 1. The van der Waals surface area contributed by atoms with Gasteiger partial charge < -0.3 is 0 Å². The van der Waals surface area contributed by atoms with Crippen molar-refractivity contribution < 1.29 is 4.39 Å². The van der Waals surface area contributed by atoms with Crippen molar-refractivity contribution in [2.75, 3.05) is 0 Å². The zero-order valence-electron chi connectivity index (χ0n) is 5.10. The minimum Gasteiger partial charge on any atom is -0.216 e. The molecule has 0 saturated carbocycles. The molecule has 0 heterocycles. The van der Waals surface area contributed by atoms with Crippen LogP contribution >= 0.6 is 0 Å². The molecule has 0 aromatic carbocycles. The van der Waals surface area contributed by atoms with Crippen LogP contribution in [0.5, 0.6) is 0 Å². The molecule has 0 N–H and O–H groups in total. The summed E-state index contributed by atoms with van der Waals surface area (Å²) in [5, 5.41) is 0. The van der Waals surface area contributed by atoms with Crippen LogP contribution in [-0.2, 0) is 0 Å². The highest BCUT2D eigenvalue weighted by Gasteiger charge is 1.42. The summed E-state index contributed by atoms with van der Waals surface area (Å²) in [7, 11) is 0. The molecule has 8 heavy (non-hydrogen) atoms. The minimum absolute atomic E-state index is 0.250. The number of hydrogen-bond donors (Lipinski definition) is 0. The van der Waals surface area contributed by atoms with E-state index in [-0.39, 0.29) is 6.33 Å². The molecule has 0 aromatic heterocycles. The lowest BCUT2D eigenvalue weighted by molar-refractivity contribution is 0.725. The third-order valence-electron chi connectivity index (χ3n) is 0.329. The molecule has 1 heteroatoms. The Morgan fingerprint density at radius 2 is 1.75 bits per heavy atom. The summed E-state index contributed by atoms with van der Waals surface area (Å²) in [6.07, 6.45) is 5.83. The highest BCUT2D eigenvalue weighted by atomic mass is 19.1. The molecule has 0 saturated heterocycles. The Kier molecular flexibility index (Phi) is 21.0. The smallest absolute Gasteiger partial charge is 0.0795 e. The van der Waals surface area contributed by atoms with E-state index < -0.39 is 0 Å². The van der Waals surface area contributed by atoms with Gasteiger partial charge in [-0.05, 0) is 6.92 Å². The van der Waals surface area contributed by atoms with E-state index >= 15 is 0 Å². The quantitative estimate of drug-likeness (QED) is 0.460. The molecule has 0 aliphatic carbocycles. The molecule has 0 spiro atoms. The van der Waals surface area contributed by atoms with Gasteiger partial charge in [0.1, 0.15) is 0 Å². The summed E-state index contributed by atoms with van der Waals surface area (Å²) < 4.78 is 10.1. The summed E-state index contributed by atoms with van der Waals surface area (Å²) >= 11 is 0. The van der Waals surface area contributed by atoms with Crippen molar-refractivity contribution in [3.8, 4) is 0 Å². The molecule has 0 unspecified atom stereocenters. The van der Waals surface area contributed by atoms with Crippen molar-refractivity contribution in [3.63, 3.8) is 0 Å². The SMILES string of the molecule is C=CC=CC.C=CF. The van der Waals surface area contributed by atoms with Gasteiger partial charge in [-0.25, -0.2) is 4.39 Å². The second kappa shape index (κ2) is 16.4. The van der Waals surface area contributed by atoms with Crippen molar-refractivity contribution in [2.45, 2.75) is 6.92 Å². The molecular formula is C7H11F. The summed E-state index contributed by atoms with van der Waals surface area (Å²) in [5.41, 5.74) is 0. The summed E-state index contributed by atoms with van der Waals surface area (Å²) in [6, 6.07) is 0. The fourth-order valence-electron chi connectivity index (χ4n) is 0.136. The molecule has 0 radical (unpaired) electrons. The van der Waals surface area contributed by atoms with Gasteiger partial charge in [0, 0.05) is 0 Å². The lowest BCUT2D eigenvalue weighted by atomic mass is 10.5. The third kappa shape index (κ3) is 67.1. The second-order valence-electron chi connectivity index (χ2n) is 0.916. The van der Waals surface area contributed by atoms with E-state index in [2.05, 4.69) is 13.2 Å². The Labute approximate surface area is 50.0 Å². The van der Waals surface area contributed by atoms with E-state index in [0.717, 1.165) is 0 Å². The topological polar surface area (TPSA) is 0 Å². The lowest BCUT2D eigenvalue weighted by Crippen LogP contribution is -1.33. The van der Waals surface area contributed by atoms with Crippen molar-refractivity contribution >= 4 is 0 Å². The first-order valence-electron chi connectivity index (χ1n) is 2.28. The van der Waals surface area contributed by atoms with Crippen LogP contribution < -0.4 is 0 Å². The standard InChI is InChI=1S/C5H8.C2H3F/c1-3-5-4-2;1-2-3/h3-5H,1H2,2H3;2H,1H2. The Morgan fingerprint density at radius 3 is 1.75 bits per heavy atom. The first kappa shape index (κ1) is 10.2. The number of hydrogen-bond acceptors (Lipinski definition) is 0. The Hall–Kier alpha value is -0.850. The molecule has 0 fully saturated rings. The molecule has 0 rings (SSSR count). The number of allylic oxidation sites excluding steroid dienone is 3. The Balaban J connectivity index is 0. The molecule has 0 nitrogen and oxygen atoms in total. The normalized spacial score (nSPS) is 7.25. The molecule has 0 aromatic rings. The molecule has 0 aliphatic rings. The van der Waals surface area contributed by atoms with Crippen molar-refractivity contribution in [1.29, 1.82) is 0 Å². The molecule has 0 atom stereocenters. The highest BCUT2D eigenvalue weighted by Crippen LogP contribution is 1.64. The van der Waals surface area contributed by atoms with Crippen LogP contribution in [0.25, 0.3) is 0 Å². The largest absolute Gasteiger partial charge is 0.216 e.